The molecule has 0 aliphatic rings. The first kappa shape index (κ1) is 16.4. The van der Waals surface area contributed by atoms with E-state index < -0.39 is 8.07 Å². The molecule has 0 saturated carbocycles. The van der Waals surface area contributed by atoms with Crippen LogP contribution >= 0.6 is 0 Å². The zero-order chi connectivity index (χ0) is 12.4. The van der Waals surface area contributed by atoms with Crippen molar-refractivity contribution in [3.63, 3.8) is 0 Å². The predicted octanol–water partition coefficient (Wildman–Crippen LogP) is 3.58. The van der Waals surface area contributed by atoms with Crippen LogP contribution in [0.2, 0.25) is 31.7 Å². The summed E-state index contributed by atoms with van der Waals surface area (Å²) in [5, 5.41) is 0. The highest BCUT2D eigenvalue weighted by atomic mass is 28.3. The smallest absolute Gasteiger partial charge is 0.137 e. The van der Waals surface area contributed by atoms with Gasteiger partial charge in [0, 0.05) is 21.3 Å². The Morgan fingerprint density at radius 2 is 1.50 bits per heavy atom. The van der Waals surface area contributed by atoms with Crippen LogP contribution in [0.3, 0.4) is 0 Å². The topological polar surface area (TPSA) is 18.5 Å². The van der Waals surface area contributed by atoms with Gasteiger partial charge < -0.3 is 9.47 Å². The zero-order valence-corrected chi connectivity index (χ0v) is 13.6. The van der Waals surface area contributed by atoms with Gasteiger partial charge in [-0.3, -0.25) is 0 Å². The zero-order valence-electron chi connectivity index (χ0n) is 11.6. The maximum absolute atomic E-state index is 5.71. The summed E-state index contributed by atoms with van der Waals surface area (Å²) in [6.07, 6.45) is 2.15. The van der Waals surface area contributed by atoms with Crippen LogP contribution in [-0.4, -0.2) is 36.7 Å². The average Bonchev–Trinajstić information content (AvgIpc) is 2.19. The van der Waals surface area contributed by atoms with E-state index in [0.717, 1.165) is 35.6 Å². The number of rotatable bonds is 10. The SMILES string of the molecule is CCCOC(OCCC)[Si]CC[Si](C)(C)C. The molecule has 0 fully saturated rings. The first-order chi connectivity index (χ1) is 7.49. The first-order valence-corrected chi connectivity index (χ1v) is 11.5. The predicted molar refractivity (Wildman–Crippen MR) is 75.0 cm³/mol. The number of ether oxygens (including phenoxy) is 2. The minimum Gasteiger partial charge on any atom is -0.357 e. The Labute approximate surface area is 105 Å². The summed E-state index contributed by atoms with van der Waals surface area (Å²) in [5.41, 5.74) is 0. The van der Waals surface area contributed by atoms with Gasteiger partial charge in [-0.1, -0.05) is 45.6 Å². The molecule has 0 aromatic heterocycles. The fourth-order valence-electron chi connectivity index (χ4n) is 1.18. The van der Waals surface area contributed by atoms with Crippen molar-refractivity contribution in [1.82, 2.24) is 0 Å². The van der Waals surface area contributed by atoms with E-state index in [2.05, 4.69) is 33.5 Å². The van der Waals surface area contributed by atoms with Crippen molar-refractivity contribution < 1.29 is 9.47 Å². The van der Waals surface area contributed by atoms with Crippen molar-refractivity contribution in [3.05, 3.63) is 0 Å². The van der Waals surface area contributed by atoms with Gasteiger partial charge in [0.15, 0.2) is 0 Å². The maximum Gasteiger partial charge on any atom is 0.137 e. The molecule has 0 amide bonds. The molecule has 0 saturated heterocycles. The Bertz CT molecular complexity index is 150. The minimum atomic E-state index is -0.891. The molecule has 0 rings (SSSR count). The summed E-state index contributed by atoms with van der Waals surface area (Å²) in [4.78, 5) is 0. The van der Waals surface area contributed by atoms with Crippen LogP contribution in [-0.2, 0) is 9.47 Å². The van der Waals surface area contributed by atoms with E-state index in [4.69, 9.17) is 9.47 Å². The molecule has 2 radical (unpaired) electrons. The summed E-state index contributed by atoms with van der Waals surface area (Å²) < 4.78 is 11.4. The van der Waals surface area contributed by atoms with Gasteiger partial charge in [0.25, 0.3) is 0 Å². The monoisotopic (exact) mass is 260 g/mol. The van der Waals surface area contributed by atoms with Crippen molar-refractivity contribution in [2.75, 3.05) is 13.2 Å². The second-order valence-electron chi connectivity index (χ2n) is 5.34. The highest BCUT2D eigenvalue weighted by Crippen LogP contribution is 2.12. The summed E-state index contributed by atoms with van der Waals surface area (Å²) in [6, 6.07) is 2.65. The van der Waals surface area contributed by atoms with E-state index in [1.165, 1.54) is 12.1 Å². The van der Waals surface area contributed by atoms with Gasteiger partial charge in [-0.15, -0.1) is 0 Å². The Balaban J connectivity index is 3.72. The summed E-state index contributed by atoms with van der Waals surface area (Å²) in [5.74, 6) is 0.0660. The van der Waals surface area contributed by atoms with Crippen molar-refractivity contribution in [2.45, 2.75) is 64.3 Å². The van der Waals surface area contributed by atoms with E-state index in [-0.39, 0.29) is 5.91 Å². The molecule has 4 heteroatoms. The van der Waals surface area contributed by atoms with Gasteiger partial charge in [-0.05, 0) is 12.8 Å². The standard InChI is InChI=1S/C12H28O2Si2/c1-6-8-13-12(14-9-7-2)15-10-11-16(3,4)5/h12H,6-11H2,1-5H3. The van der Waals surface area contributed by atoms with Gasteiger partial charge in [0.1, 0.15) is 15.4 Å². The van der Waals surface area contributed by atoms with Crippen molar-refractivity contribution in [3.8, 4) is 0 Å². The molecule has 0 atom stereocenters. The first-order valence-electron chi connectivity index (χ1n) is 6.46. The third-order valence-electron chi connectivity index (χ3n) is 2.13. The van der Waals surface area contributed by atoms with Gasteiger partial charge in [0.2, 0.25) is 0 Å². The second-order valence-corrected chi connectivity index (χ2v) is 12.3. The Morgan fingerprint density at radius 1 is 1.00 bits per heavy atom. The largest absolute Gasteiger partial charge is 0.357 e. The Kier molecular flexibility index (Phi) is 9.60. The lowest BCUT2D eigenvalue weighted by molar-refractivity contribution is -0.0903. The number of hydrogen-bond acceptors (Lipinski definition) is 2. The molecule has 2 nitrogen and oxygen atoms in total. The third kappa shape index (κ3) is 10.9. The Morgan fingerprint density at radius 3 is 1.88 bits per heavy atom. The number of hydrogen-bond donors (Lipinski definition) is 0. The van der Waals surface area contributed by atoms with E-state index in [1.54, 1.807) is 0 Å². The average molecular weight is 261 g/mol. The second kappa shape index (κ2) is 9.39. The van der Waals surface area contributed by atoms with Crippen LogP contribution in [0.1, 0.15) is 26.7 Å². The minimum absolute atomic E-state index is 0.0660. The molecule has 0 unspecified atom stereocenters. The lowest BCUT2D eigenvalue weighted by atomic mass is 10.5. The van der Waals surface area contributed by atoms with Crippen molar-refractivity contribution >= 4 is 17.6 Å². The summed E-state index contributed by atoms with van der Waals surface area (Å²) in [6.45, 7) is 13.2. The van der Waals surface area contributed by atoms with Crippen LogP contribution in [0.5, 0.6) is 0 Å². The molecule has 96 valence electrons. The lowest BCUT2D eigenvalue weighted by Gasteiger charge is -2.20. The van der Waals surface area contributed by atoms with Crippen LogP contribution in [0.4, 0.5) is 0 Å². The summed E-state index contributed by atoms with van der Waals surface area (Å²) >= 11 is 0. The van der Waals surface area contributed by atoms with E-state index in [9.17, 15) is 0 Å². The third-order valence-corrected chi connectivity index (χ3v) is 5.59. The van der Waals surface area contributed by atoms with E-state index in [1.807, 2.05) is 0 Å². The molecular weight excluding hydrogens is 232 g/mol. The molecular formula is C12H28O2Si2. The van der Waals surface area contributed by atoms with Gasteiger partial charge in [0.05, 0.1) is 0 Å². The molecule has 16 heavy (non-hydrogen) atoms. The molecule has 0 bridgehead atoms. The normalized spacial score (nSPS) is 12.4. The quantitative estimate of drug-likeness (QED) is 0.441. The molecule has 0 aliphatic heterocycles. The highest BCUT2D eigenvalue weighted by Gasteiger charge is 2.15. The van der Waals surface area contributed by atoms with Gasteiger partial charge in [-0.25, -0.2) is 0 Å². The van der Waals surface area contributed by atoms with Crippen molar-refractivity contribution in [1.29, 1.82) is 0 Å². The Hall–Kier alpha value is 0.354. The van der Waals surface area contributed by atoms with Gasteiger partial charge >= 0.3 is 0 Å². The van der Waals surface area contributed by atoms with E-state index in [0.29, 0.717) is 0 Å². The maximum atomic E-state index is 5.71. The fourth-order valence-corrected chi connectivity index (χ4v) is 5.47. The van der Waals surface area contributed by atoms with Crippen molar-refractivity contribution in [2.24, 2.45) is 0 Å². The summed E-state index contributed by atoms with van der Waals surface area (Å²) in [7, 11) is -0.0839. The molecule has 0 heterocycles. The van der Waals surface area contributed by atoms with E-state index >= 15 is 0 Å². The van der Waals surface area contributed by atoms with Crippen LogP contribution in [0.15, 0.2) is 0 Å². The molecule has 0 aliphatic carbocycles. The van der Waals surface area contributed by atoms with Crippen LogP contribution < -0.4 is 0 Å². The highest BCUT2D eigenvalue weighted by molar-refractivity contribution is 6.76. The fraction of sp³-hybridized carbons (Fsp3) is 1.00. The molecule has 0 aromatic rings. The molecule has 0 aromatic carbocycles. The van der Waals surface area contributed by atoms with Crippen LogP contribution in [0.25, 0.3) is 0 Å². The molecule has 0 N–H and O–H groups in total. The van der Waals surface area contributed by atoms with Crippen LogP contribution in [0, 0.1) is 0 Å². The lowest BCUT2D eigenvalue weighted by Crippen LogP contribution is -2.28. The van der Waals surface area contributed by atoms with Gasteiger partial charge in [-0.2, -0.15) is 0 Å². The molecule has 0 spiro atoms.